The number of hydrogen-bond acceptors (Lipinski definition) is 6. The van der Waals surface area contributed by atoms with E-state index < -0.39 is 0 Å². The van der Waals surface area contributed by atoms with Crippen molar-refractivity contribution in [3.05, 3.63) is 40.9 Å². The third-order valence-corrected chi connectivity index (χ3v) is 5.13. The number of fused-ring (bicyclic) bond motifs is 1. The maximum Gasteiger partial charge on any atom is 0.253 e. The van der Waals surface area contributed by atoms with Gasteiger partial charge in [-0.15, -0.1) is 0 Å². The minimum absolute atomic E-state index is 0.225. The van der Waals surface area contributed by atoms with E-state index >= 15 is 0 Å². The van der Waals surface area contributed by atoms with Crippen molar-refractivity contribution in [1.29, 1.82) is 0 Å². The maximum absolute atomic E-state index is 12.5. The van der Waals surface area contributed by atoms with Crippen LogP contribution in [0.1, 0.15) is 6.42 Å². The number of thiocarbonyl (C=S) groups is 1. The Bertz CT molecular complexity index is 1100. The lowest BCUT2D eigenvalue weighted by atomic mass is 9.99. The molecule has 0 radical (unpaired) electrons. The summed E-state index contributed by atoms with van der Waals surface area (Å²) in [5.41, 5.74) is 0.710. The summed E-state index contributed by atoms with van der Waals surface area (Å²) in [6.45, 7) is 0.481. The number of nitrogens with one attached hydrogen (secondary N) is 2. The summed E-state index contributed by atoms with van der Waals surface area (Å²) >= 11 is 5.37. The quantitative estimate of drug-likeness (QED) is 0.596. The number of rotatable bonds is 8. The highest BCUT2D eigenvalue weighted by atomic mass is 32.1. The molecule has 0 saturated heterocycles. The number of amides is 1. The molecule has 0 spiro atoms. The topological polar surface area (TPSA) is 90.4 Å². The van der Waals surface area contributed by atoms with E-state index in [2.05, 4.69) is 15.6 Å². The van der Waals surface area contributed by atoms with Crippen molar-refractivity contribution in [2.24, 2.45) is 10.9 Å². The molecular weight excluding hydrogens is 418 g/mol. The van der Waals surface area contributed by atoms with Gasteiger partial charge in [-0.25, -0.2) is 4.99 Å². The summed E-state index contributed by atoms with van der Waals surface area (Å²) < 4.78 is 21.3. The molecule has 1 unspecified atom stereocenters. The molecule has 1 aliphatic heterocycles. The Labute approximate surface area is 185 Å². The molecule has 0 saturated carbocycles. The average Bonchev–Trinajstić information content (AvgIpc) is 2.78. The van der Waals surface area contributed by atoms with Crippen molar-refractivity contribution in [1.82, 2.24) is 5.32 Å². The van der Waals surface area contributed by atoms with Gasteiger partial charge in [0.1, 0.15) is 28.4 Å². The van der Waals surface area contributed by atoms with Crippen molar-refractivity contribution < 1.29 is 23.7 Å². The third kappa shape index (κ3) is 5.05. The van der Waals surface area contributed by atoms with E-state index in [0.29, 0.717) is 52.1 Å². The molecule has 31 heavy (non-hydrogen) atoms. The highest BCUT2D eigenvalue weighted by molar-refractivity contribution is 7.80. The second-order valence-electron chi connectivity index (χ2n) is 6.69. The minimum atomic E-state index is -0.390. The lowest BCUT2D eigenvalue weighted by molar-refractivity contribution is -0.120. The summed E-state index contributed by atoms with van der Waals surface area (Å²) in [6, 6.07) is 8.93. The largest absolute Gasteiger partial charge is 0.497 e. The SMILES string of the molecule is COc1ccc(NC(=S)NCCC2C=c3c(OC)ccc(OC)c3=NC2=O)c(OC)c1. The molecular formula is C22H25N3O5S. The number of anilines is 1. The predicted molar refractivity (Wildman–Crippen MR) is 122 cm³/mol. The van der Waals surface area contributed by atoms with Crippen LogP contribution in [0.25, 0.3) is 6.08 Å². The molecule has 2 aromatic carbocycles. The van der Waals surface area contributed by atoms with E-state index in [1.54, 1.807) is 46.6 Å². The summed E-state index contributed by atoms with van der Waals surface area (Å²) in [4.78, 5) is 16.8. The number of hydrogen-bond donors (Lipinski definition) is 2. The van der Waals surface area contributed by atoms with Crippen LogP contribution < -0.4 is 40.2 Å². The number of carbonyl (C=O) groups is 1. The molecule has 0 aromatic heterocycles. The normalized spacial score (nSPS) is 14.5. The Morgan fingerprint density at radius 3 is 2.39 bits per heavy atom. The minimum Gasteiger partial charge on any atom is -0.497 e. The van der Waals surface area contributed by atoms with Gasteiger partial charge in [0.2, 0.25) is 0 Å². The molecule has 1 atom stereocenters. The third-order valence-electron chi connectivity index (χ3n) is 4.88. The lowest BCUT2D eigenvalue weighted by Crippen LogP contribution is -2.37. The summed E-state index contributed by atoms with van der Waals surface area (Å²) in [7, 11) is 6.30. The van der Waals surface area contributed by atoms with Gasteiger partial charge in [0, 0.05) is 17.8 Å². The average molecular weight is 444 g/mol. The van der Waals surface area contributed by atoms with E-state index in [9.17, 15) is 4.79 Å². The smallest absolute Gasteiger partial charge is 0.253 e. The van der Waals surface area contributed by atoms with Crippen molar-refractivity contribution in [3.63, 3.8) is 0 Å². The van der Waals surface area contributed by atoms with Crippen molar-refractivity contribution in [3.8, 4) is 23.0 Å². The van der Waals surface area contributed by atoms with Gasteiger partial charge >= 0.3 is 0 Å². The molecule has 1 amide bonds. The first kappa shape index (κ1) is 22.4. The van der Waals surface area contributed by atoms with Crippen LogP contribution in [0.5, 0.6) is 23.0 Å². The van der Waals surface area contributed by atoms with Gasteiger partial charge in [-0.3, -0.25) is 4.79 Å². The number of ether oxygens (including phenoxy) is 4. The molecule has 0 bridgehead atoms. The van der Waals surface area contributed by atoms with Crippen molar-refractivity contribution >= 4 is 35.0 Å². The van der Waals surface area contributed by atoms with Gasteiger partial charge in [-0.1, -0.05) is 6.08 Å². The first-order valence-electron chi connectivity index (χ1n) is 9.63. The molecule has 1 heterocycles. The van der Waals surface area contributed by atoms with Crippen LogP contribution in [-0.4, -0.2) is 46.0 Å². The fraction of sp³-hybridized carbons (Fsp3) is 0.318. The zero-order valence-corrected chi connectivity index (χ0v) is 18.7. The Balaban J connectivity index is 1.66. The Morgan fingerprint density at radius 1 is 1.00 bits per heavy atom. The van der Waals surface area contributed by atoms with Gasteiger partial charge in [0.25, 0.3) is 5.91 Å². The van der Waals surface area contributed by atoms with Crippen LogP contribution in [0, 0.1) is 5.92 Å². The lowest BCUT2D eigenvalue weighted by Gasteiger charge is -2.17. The van der Waals surface area contributed by atoms with E-state index in [0.717, 1.165) is 5.22 Å². The fourth-order valence-electron chi connectivity index (χ4n) is 3.27. The molecule has 2 N–H and O–H groups in total. The number of nitrogens with zero attached hydrogens (tertiary/aromatic N) is 1. The second-order valence-corrected chi connectivity index (χ2v) is 7.10. The van der Waals surface area contributed by atoms with Gasteiger partial charge in [0.05, 0.1) is 40.0 Å². The fourth-order valence-corrected chi connectivity index (χ4v) is 3.48. The van der Waals surface area contributed by atoms with E-state index in [1.165, 1.54) is 0 Å². The molecule has 2 aromatic rings. The molecule has 0 fully saturated rings. The summed E-state index contributed by atoms with van der Waals surface area (Å²) in [6.07, 6.45) is 2.39. The molecule has 8 nitrogen and oxygen atoms in total. The number of carbonyl (C=O) groups excluding carboxylic acids is 1. The van der Waals surface area contributed by atoms with E-state index in [-0.39, 0.29) is 11.8 Å². The van der Waals surface area contributed by atoms with Crippen LogP contribution >= 0.6 is 12.2 Å². The zero-order valence-electron chi connectivity index (χ0n) is 17.9. The van der Waals surface area contributed by atoms with Crippen LogP contribution in [0.3, 0.4) is 0 Å². The summed E-state index contributed by atoms with van der Waals surface area (Å²) in [5, 5.41) is 7.89. The molecule has 9 heteroatoms. The second kappa shape index (κ2) is 10.1. The first-order valence-corrected chi connectivity index (χ1v) is 10.0. The van der Waals surface area contributed by atoms with Gasteiger partial charge in [-0.05, 0) is 42.9 Å². The Kier molecular flexibility index (Phi) is 7.30. The molecule has 1 aliphatic rings. The van der Waals surface area contributed by atoms with Crippen LogP contribution in [-0.2, 0) is 4.79 Å². The highest BCUT2D eigenvalue weighted by Gasteiger charge is 2.21. The van der Waals surface area contributed by atoms with E-state index in [1.807, 2.05) is 18.2 Å². The van der Waals surface area contributed by atoms with Gasteiger partial charge in [-0.2, -0.15) is 0 Å². The van der Waals surface area contributed by atoms with Crippen molar-refractivity contribution in [2.45, 2.75) is 6.42 Å². The molecule has 164 valence electrons. The monoisotopic (exact) mass is 443 g/mol. The van der Waals surface area contributed by atoms with Crippen LogP contribution in [0.2, 0.25) is 0 Å². The zero-order chi connectivity index (χ0) is 22.4. The Hall–Kier alpha value is -3.33. The number of methoxy groups -OCH3 is 4. The first-order chi connectivity index (χ1) is 15.0. The van der Waals surface area contributed by atoms with Gasteiger partial charge < -0.3 is 29.6 Å². The standard InChI is InChI=1S/C22H25N3O5S/c1-27-14-5-6-16(19(12-14)30-4)24-22(31)23-10-9-13-11-15-17(28-2)7-8-18(29-3)20(15)25-21(13)26/h5-8,11-13H,9-10H2,1-4H3,(H2,23,24,31). The van der Waals surface area contributed by atoms with Crippen LogP contribution in [0.4, 0.5) is 5.69 Å². The number of benzene rings is 2. The predicted octanol–water partition coefficient (Wildman–Crippen LogP) is 1.65. The highest BCUT2D eigenvalue weighted by Crippen LogP contribution is 2.28. The Morgan fingerprint density at radius 2 is 1.71 bits per heavy atom. The van der Waals surface area contributed by atoms with Gasteiger partial charge in [0.15, 0.2) is 5.11 Å². The maximum atomic E-state index is 12.5. The van der Waals surface area contributed by atoms with Crippen molar-refractivity contribution in [2.75, 3.05) is 40.3 Å². The van der Waals surface area contributed by atoms with E-state index in [4.69, 9.17) is 31.2 Å². The summed E-state index contributed by atoms with van der Waals surface area (Å²) in [5.74, 6) is 1.86. The molecule has 3 rings (SSSR count). The molecule has 0 aliphatic carbocycles. The van der Waals surface area contributed by atoms with Crippen LogP contribution in [0.15, 0.2) is 35.3 Å².